The van der Waals surface area contributed by atoms with Gasteiger partial charge in [-0.15, -0.1) is 0 Å². The molecule has 0 bridgehead atoms. The second-order valence-electron chi connectivity index (χ2n) is 1.41. The lowest BCUT2D eigenvalue weighted by molar-refractivity contribution is 0.360. The van der Waals surface area contributed by atoms with E-state index in [1.807, 2.05) is 13.0 Å². The third-order valence-corrected chi connectivity index (χ3v) is 0.806. The van der Waals surface area contributed by atoms with Gasteiger partial charge >= 0.3 is 0 Å². The number of hydrogen-bond acceptors (Lipinski definition) is 2. The lowest BCUT2D eigenvalue weighted by atomic mass is 10.4. The van der Waals surface area contributed by atoms with E-state index in [0.29, 0.717) is 6.61 Å². The van der Waals surface area contributed by atoms with Crippen molar-refractivity contribution in [1.29, 1.82) is 0 Å². The molecule has 0 aromatic heterocycles. The SMILES string of the molecule is CC1=CCOC=N1. The van der Waals surface area contributed by atoms with Crippen LogP contribution >= 0.6 is 0 Å². The Morgan fingerprint density at radius 1 is 1.86 bits per heavy atom. The van der Waals surface area contributed by atoms with E-state index in [1.165, 1.54) is 6.40 Å². The zero-order valence-electron chi connectivity index (χ0n) is 4.22. The van der Waals surface area contributed by atoms with Gasteiger partial charge in [0.2, 0.25) is 0 Å². The van der Waals surface area contributed by atoms with Gasteiger partial charge in [0, 0.05) is 5.70 Å². The fourth-order valence-corrected chi connectivity index (χ4v) is 0.385. The third-order valence-electron chi connectivity index (χ3n) is 0.806. The molecule has 0 amide bonds. The van der Waals surface area contributed by atoms with Crippen molar-refractivity contribution in [3.05, 3.63) is 11.8 Å². The maximum Gasteiger partial charge on any atom is 0.174 e. The molecule has 38 valence electrons. The molecule has 0 aliphatic carbocycles. The first-order chi connectivity index (χ1) is 3.39. The van der Waals surface area contributed by atoms with Crippen LogP contribution < -0.4 is 0 Å². The molecule has 7 heavy (non-hydrogen) atoms. The molecule has 0 N–H and O–H groups in total. The number of ether oxygens (including phenoxy) is 1. The normalized spacial score (nSPS) is 18.1. The van der Waals surface area contributed by atoms with E-state index >= 15 is 0 Å². The molecule has 2 nitrogen and oxygen atoms in total. The summed E-state index contributed by atoms with van der Waals surface area (Å²) in [6, 6.07) is 0. The highest BCUT2D eigenvalue weighted by Crippen LogP contribution is 1.96. The molecule has 1 aliphatic rings. The largest absolute Gasteiger partial charge is 0.479 e. The average Bonchev–Trinajstić information content (AvgIpc) is 1.69. The molecule has 0 aromatic carbocycles. The van der Waals surface area contributed by atoms with E-state index in [2.05, 4.69) is 4.99 Å². The minimum Gasteiger partial charge on any atom is -0.479 e. The van der Waals surface area contributed by atoms with Crippen LogP contribution in [-0.4, -0.2) is 13.0 Å². The van der Waals surface area contributed by atoms with Crippen molar-refractivity contribution in [1.82, 2.24) is 0 Å². The van der Waals surface area contributed by atoms with Crippen LogP contribution in [0.2, 0.25) is 0 Å². The van der Waals surface area contributed by atoms with E-state index in [1.54, 1.807) is 0 Å². The Morgan fingerprint density at radius 2 is 2.71 bits per heavy atom. The molecule has 0 saturated carbocycles. The van der Waals surface area contributed by atoms with Crippen LogP contribution in [0.1, 0.15) is 6.92 Å². The summed E-state index contributed by atoms with van der Waals surface area (Å²) in [5.41, 5.74) is 1.03. The van der Waals surface area contributed by atoms with Crippen molar-refractivity contribution in [2.75, 3.05) is 6.61 Å². The summed E-state index contributed by atoms with van der Waals surface area (Å²) in [4.78, 5) is 3.84. The van der Waals surface area contributed by atoms with E-state index in [9.17, 15) is 0 Å². The Labute approximate surface area is 42.5 Å². The van der Waals surface area contributed by atoms with Gasteiger partial charge in [0.1, 0.15) is 6.61 Å². The zero-order valence-corrected chi connectivity index (χ0v) is 4.22. The van der Waals surface area contributed by atoms with Crippen molar-refractivity contribution in [2.24, 2.45) is 4.99 Å². The highest BCUT2D eigenvalue weighted by atomic mass is 16.5. The topological polar surface area (TPSA) is 21.6 Å². The lowest BCUT2D eigenvalue weighted by Crippen LogP contribution is -1.93. The molecule has 1 rings (SSSR count). The van der Waals surface area contributed by atoms with Gasteiger partial charge in [-0.25, -0.2) is 4.99 Å². The van der Waals surface area contributed by atoms with E-state index in [0.717, 1.165) is 5.70 Å². The summed E-state index contributed by atoms with van der Waals surface area (Å²) >= 11 is 0. The minimum atomic E-state index is 0.676. The maximum atomic E-state index is 4.77. The van der Waals surface area contributed by atoms with Gasteiger partial charge in [-0.3, -0.25) is 0 Å². The smallest absolute Gasteiger partial charge is 0.174 e. The lowest BCUT2D eigenvalue weighted by Gasteiger charge is -1.99. The van der Waals surface area contributed by atoms with E-state index < -0.39 is 0 Å². The van der Waals surface area contributed by atoms with Gasteiger partial charge in [0.05, 0.1) is 0 Å². The van der Waals surface area contributed by atoms with Gasteiger partial charge in [-0.2, -0.15) is 0 Å². The predicted octanol–water partition coefficient (Wildman–Crippen LogP) is 0.949. The van der Waals surface area contributed by atoms with Crippen molar-refractivity contribution >= 4 is 6.40 Å². The Hall–Kier alpha value is -0.790. The Bertz CT molecular complexity index is 115. The number of rotatable bonds is 0. The van der Waals surface area contributed by atoms with Crippen LogP contribution in [0, 0.1) is 0 Å². The van der Waals surface area contributed by atoms with Crippen LogP contribution in [0.5, 0.6) is 0 Å². The fraction of sp³-hybridized carbons (Fsp3) is 0.400. The number of allylic oxidation sites excluding steroid dienone is 1. The van der Waals surface area contributed by atoms with E-state index in [-0.39, 0.29) is 0 Å². The number of hydrogen-bond donors (Lipinski definition) is 0. The number of aliphatic imine (C=N–C) groups is 1. The molecule has 0 atom stereocenters. The van der Waals surface area contributed by atoms with Crippen molar-refractivity contribution < 1.29 is 4.74 Å². The molecular formula is C5H7NO. The summed E-state index contributed by atoms with van der Waals surface area (Å²) in [6.07, 6.45) is 3.40. The average molecular weight is 97.1 g/mol. The molecular weight excluding hydrogens is 90.1 g/mol. The van der Waals surface area contributed by atoms with Gasteiger partial charge in [0.25, 0.3) is 0 Å². The Balaban J connectivity index is 2.58. The second kappa shape index (κ2) is 1.78. The summed E-state index contributed by atoms with van der Waals surface area (Å²) < 4.78 is 4.77. The van der Waals surface area contributed by atoms with Crippen LogP contribution in [0.3, 0.4) is 0 Å². The zero-order chi connectivity index (χ0) is 5.11. The summed E-state index contributed by atoms with van der Waals surface area (Å²) in [5, 5.41) is 0. The number of nitrogens with zero attached hydrogens (tertiary/aromatic N) is 1. The van der Waals surface area contributed by atoms with Crippen LogP contribution in [0.15, 0.2) is 16.8 Å². The fourth-order valence-electron chi connectivity index (χ4n) is 0.385. The van der Waals surface area contributed by atoms with Gasteiger partial charge in [0.15, 0.2) is 6.40 Å². The molecule has 0 aromatic rings. The predicted molar refractivity (Wildman–Crippen MR) is 28.2 cm³/mol. The Kier molecular flexibility index (Phi) is 1.11. The van der Waals surface area contributed by atoms with Gasteiger partial charge in [-0.1, -0.05) is 0 Å². The molecule has 0 unspecified atom stereocenters. The first-order valence-corrected chi connectivity index (χ1v) is 2.20. The molecule has 2 heteroatoms. The highest BCUT2D eigenvalue weighted by Gasteiger charge is 1.86. The van der Waals surface area contributed by atoms with Crippen molar-refractivity contribution in [2.45, 2.75) is 6.92 Å². The second-order valence-corrected chi connectivity index (χ2v) is 1.41. The first-order valence-electron chi connectivity index (χ1n) is 2.20. The third kappa shape index (κ3) is 1.03. The minimum absolute atomic E-state index is 0.676. The van der Waals surface area contributed by atoms with Gasteiger partial charge < -0.3 is 4.74 Å². The van der Waals surface area contributed by atoms with Gasteiger partial charge in [-0.05, 0) is 13.0 Å². The molecule has 0 fully saturated rings. The summed E-state index contributed by atoms with van der Waals surface area (Å²) in [6.45, 7) is 2.62. The standard InChI is InChI=1S/C5H7NO/c1-5-2-3-7-4-6-5/h2,4H,3H2,1H3. The molecule has 1 heterocycles. The summed E-state index contributed by atoms with van der Waals surface area (Å²) in [7, 11) is 0. The van der Waals surface area contributed by atoms with Crippen LogP contribution in [-0.2, 0) is 4.74 Å². The first kappa shape index (κ1) is 4.37. The van der Waals surface area contributed by atoms with Crippen LogP contribution in [0.25, 0.3) is 0 Å². The monoisotopic (exact) mass is 97.1 g/mol. The van der Waals surface area contributed by atoms with Crippen molar-refractivity contribution in [3.63, 3.8) is 0 Å². The highest BCUT2D eigenvalue weighted by molar-refractivity contribution is 5.50. The molecule has 0 spiro atoms. The maximum absolute atomic E-state index is 4.77. The van der Waals surface area contributed by atoms with E-state index in [4.69, 9.17) is 4.74 Å². The van der Waals surface area contributed by atoms with Crippen molar-refractivity contribution in [3.8, 4) is 0 Å². The molecule has 0 radical (unpaired) electrons. The van der Waals surface area contributed by atoms with Crippen LogP contribution in [0.4, 0.5) is 0 Å². The molecule has 0 saturated heterocycles. The quantitative estimate of drug-likeness (QED) is 0.441. The molecule has 1 aliphatic heterocycles. The Morgan fingerprint density at radius 3 is 3.00 bits per heavy atom. The summed E-state index contributed by atoms with van der Waals surface area (Å²) in [5.74, 6) is 0.